The van der Waals surface area contributed by atoms with Crippen molar-refractivity contribution in [2.75, 3.05) is 5.32 Å². The van der Waals surface area contributed by atoms with Gasteiger partial charge in [-0.05, 0) is 50.1 Å². The van der Waals surface area contributed by atoms with E-state index in [1.165, 1.54) is 0 Å². The number of hydrogen-bond acceptors (Lipinski definition) is 7. The van der Waals surface area contributed by atoms with Gasteiger partial charge in [0.1, 0.15) is 5.75 Å². The van der Waals surface area contributed by atoms with Crippen LogP contribution in [0.2, 0.25) is 0 Å². The molecule has 1 amide bonds. The molecule has 0 unspecified atom stereocenters. The molecule has 1 aliphatic rings. The average Bonchev–Trinajstić information content (AvgIpc) is 3.68. The molecule has 6 rings (SSSR count). The molecule has 9 heteroatoms. The number of aryl methyl sites for hydroxylation is 1. The second-order valence-corrected chi connectivity index (χ2v) is 8.55. The number of anilines is 1. The van der Waals surface area contributed by atoms with Gasteiger partial charge in [0.05, 0.1) is 34.7 Å². The van der Waals surface area contributed by atoms with E-state index in [0.717, 1.165) is 18.5 Å². The molecular weight excluding hydrogens is 442 g/mol. The molecule has 0 saturated heterocycles. The van der Waals surface area contributed by atoms with Gasteiger partial charge < -0.3 is 10.4 Å². The zero-order chi connectivity index (χ0) is 23.9. The molecule has 5 aromatic rings. The van der Waals surface area contributed by atoms with E-state index in [-0.39, 0.29) is 11.7 Å². The molecule has 0 bridgehead atoms. The first-order chi connectivity index (χ1) is 17.1. The zero-order valence-electron chi connectivity index (χ0n) is 18.9. The molecule has 35 heavy (non-hydrogen) atoms. The normalized spacial score (nSPS) is 13.2. The Balaban J connectivity index is 1.37. The number of phenolic OH excluding ortho intramolecular Hbond substituents is 1. The molecule has 1 aromatic carbocycles. The van der Waals surface area contributed by atoms with Gasteiger partial charge in [-0.2, -0.15) is 9.78 Å². The first kappa shape index (κ1) is 20.9. The topological polar surface area (TPSA) is 119 Å². The number of rotatable bonds is 5. The number of amides is 1. The molecule has 0 spiro atoms. The van der Waals surface area contributed by atoms with Crippen molar-refractivity contribution in [1.29, 1.82) is 0 Å². The number of fused-ring (bicyclic) bond motifs is 1. The quantitative estimate of drug-likeness (QED) is 0.396. The summed E-state index contributed by atoms with van der Waals surface area (Å²) in [5, 5.41) is 17.9. The Labute approximate surface area is 200 Å². The van der Waals surface area contributed by atoms with Crippen LogP contribution in [0.15, 0.2) is 67.1 Å². The molecule has 4 aromatic heterocycles. The third-order valence-electron chi connectivity index (χ3n) is 5.95. The lowest BCUT2D eigenvalue weighted by molar-refractivity contribution is 0.102. The number of carbonyl (C=O) groups is 1. The highest BCUT2D eigenvalue weighted by atomic mass is 16.3. The summed E-state index contributed by atoms with van der Waals surface area (Å²) in [7, 11) is 0. The Kier molecular flexibility index (Phi) is 4.95. The van der Waals surface area contributed by atoms with Crippen molar-refractivity contribution in [2.45, 2.75) is 25.7 Å². The number of hydrogen-bond donors (Lipinski definition) is 2. The van der Waals surface area contributed by atoms with Gasteiger partial charge in [0.2, 0.25) is 0 Å². The molecule has 0 atom stereocenters. The summed E-state index contributed by atoms with van der Waals surface area (Å²) in [6.45, 7) is 1.87. The van der Waals surface area contributed by atoms with Crippen LogP contribution < -0.4 is 5.32 Å². The number of pyridine rings is 2. The van der Waals surface area contributed by atoms with E-state index in [0.29, 0.717) is 51.1 Å². The lowest BCUT2D eigenvalue weighted by atomic mass is 10.1. The van der Waals surface area contributed by atoms with Gasteiger partial charge in [-0.1, -0.05) is 18.2 Å². The zero-order valence-corrected chi connectivity index (χ0v) is 18.9. The standard InChI is InChI=1S/C26H21N7O2/c1-15-23-20(26(35)30-18-13-28-24(29-14-18)17-5-4-6-19(34)11-17)12-21(16-8-9-16)31-25(23)33(32-15)22-7-2-3-10-27-22/h2-7,10-14,16,34H,8-9H2,1H3,(H,30,35). The summed E-state index contributed by atoms with van der Waals surface area (Å²) < 4.78 is 1.69. The van der Waals surface area contributed by atoms with Crippen molar-refractivity contribution in [3.63, 3.8) is 0 Å². The molecule has 4 heterocycles. The van der Waals surface area contributed by atoms with Crippen molar-refractivity contribution in [1.82, 2.24) is 29.7 Å². The molecule has 0 aliphatic heterocycles. The molecule has 172 valence electrons. The Hall–Kier alpha value is -4.66. The number of carbonyl (C=O) groups excluding carboxylic acids is 1. The minimum absolute atomic E-state index is 0.137. The maximum atomic E-state index is 13.4. The largest absolute Gasteiger partial charge is 0.508 e. The Morgan fingerprint density at radius 2 is 1.89 bits per heavy atom. The monoisotopic (exact) mass is 463 g/mol. The van der Waals surface area contributed by atoms with Gasteiger partial charge in [0.25, 0.3) is 5.91 Å². The molecule has 1 saturated carbocycles. The van der Waals surface area contributed by atoms with E-state index in [1.807, 2.05) is 37.3 Å². The molecule has 1 fully saturated rings. The number of aromatic nitrogens is 6. The predicted octanol–water partition coefficient (Wildman–Crippen LogP) is 4.42. The highest BCUT2D eigenvalue weighted by Crippen LogP contribution is 2.40. The Morgan fingerprint density at radius 3 is 2.60 bits per heavy atom. The summed E-state index contributed by atoms with van der Waals surface area (Å²) >= 11 is 0. The Bertz CT molecular complexity index is 1560. The fourth-order valence-electron chi connectivity index (χ4n) is 4.10. The summed E-state index contributed by atoms with van der Waals surface area (Å²) in [5.41, 5.74) is 3.85. The highest BCUT2D eigenvalue weighted by Gasteiger charge is 2.29. The van der Waals surface area contributed by atoms with E-state index < -0.39 is 0 Å². The van der Waals surface area contributed by atoms with Gasteiger partial charge in [-0.15, -0.1) is 0 Å². The first-order valence-corrected chi connectivity index (χ1v) is 11.3. The van der Waals surface area contributed by atoms with E-state index in [4.69, 9.17) is 4.98 Å². The number of benzene rings is 1. The average molecular weight is 464 g/mol. The first-order valence-electron chi connectivity index (χ1n) is 11.3. The van der Waals surface area contributed by atoms with Crippen LogP contribution in [0.3, 0.4) is 0 Å². The van der Waals surface area contributed by atoms with Crippen LogP contribution in [0.4, 0.5) is 5.69 Å². The fraction of sp³-hybridized carbons (Fsp3) is 0.154. The highest BCUT2D eigenvalue weighted by molar-refractivity contribution is 6.12. The minimum Gasteiger partial charge on any atom is -0.508 e. The third kappa shape index (κ3) is 3.97. The van der Waals surface area contributed by atoms with Crippen LogP contribution in [-0.2, 0) is 0 Å². The summed E-state index contributed by atoms with van der Waals surface area (Å²) in [6, 6.07) is 14.2. The lowest BCUT2D eigenvalue weighted by Gasteiger charge is -2.10. The van der Waals surface area contributed by atoms with Gasteiger partial charge in [-0.25, -0.2) is 19.9 Å². The Morgan fingerprint density at radius 1 is 1.06 bits per heavy atom. The number of nitrogens with zero attached hydrogens (tertiary/aromatic N) is 6. The minimum atomic E-state index is -0.281. The number of phenols is 1. The second kappa shape index (κ2) is 8.28. The molecule has 9 nitrogen and oxygen atoms in total. The van der Waals surface area contributed by atoms with Crippen molar-refractivity contribution in [2.24, 2.45) is 0 Å². The van der Waals surface area contributed by atoms with Crippen LogP contribution in [-0.4, -0.2) is 40.7 Å². The lowest BCUT2D eigenvalue weighted by Crippen LogP contribution is -2.14. The van der Waals surface area contributed by atoms with E-state index in [2.05, 4.69) is 25.4 Å². The van der Waals surface area contributed by atoms with Crippen LogP contribution in [0.1, 0.15) is 40.5 Å². The molecule has 0 radical (unpaired) electrons. The maximum absolute atomic E-state index is 13.4. The van der Waals surface area contributed by atoms with Gasteiger partial charge in [0.15, 0.2) is 17.3 Å². The van der Waals surface area contributed by atoms with E-state index in [9.17, 15) is 9.90 Å². The predicted molar refractivity (Wildman–Crippen MR) is 130 cm³/mol. The van der Waals surface area contributed by atoms with Crippen LogP contribution >= 0.6 is 0 Å². The van der Waals surface area contributed by atoms with Crippen LogP contribution in [0.25, 0.3) is 28.2 Å². The second-order valence-electron chi connectivity index (χ2n) is 8.55. The molecule has 1 aliphatic carbocycles. The van der Waals surface area contributed by atoms with Crippen molar-refractivity contribution in [3.8, 4) is 23.0 Å². The van der Waals surface area contributed by atoms with Crippen molar-refractivity contribution >= 4 is 22.6 Å². The van der Waals surface area contributed by atoms with Gasteiger partial charge in [-0.3, -0.25) is 4.79 Å². The number of nitrogens with one attached hydrogen (secondary N) is 1. The van der Waals surface area contributed by atoms with Gasteiger partial charge in [0, 0.05) is 23.4 Å². The van der Waals surface area contributed by atoms with Crippen LogP contribution in [0, 0.1) is 6.92 Å². The van der Waals surface area contributed by atoms with Crippen molar-refractivity contribution in [3.05, 3.63) is 84.1 Å². The summed E-state index contributed by atoms with van der Waals surface area (Å²) in [6.07, 6.45) is 6.92. The SMILES string of the molecule is Cc1nn(-c2ccccn2)c2nc(C3CC3)cc(C(=O)Nc3cnc(-c4cccc(O)c4)nc3)c12. The van der Waals surface area contributed by atoms with Gasteiger partial charge >= 0.3 is 0 Å². The van der Waals surface area contributed by atoms with E-state index >= 15 is 0 Å². The van der Waals surface area contributed by atoms with Crippen LogP contribution in [0.5, 0.6) is 5.75 Å². The molecular formula is C26H21N7O2. The van der Waals surface area contributed by atoms with Crippen molar-refractivity contribution < 1.29 is 9.90 Å². The smallest absolute Gasteiger partial charge is 0.256 e. The van der Waals surface area contributed by atoms with E-state index in [1.54, 1.807) is 41.5 Å². The molecule has 2 N–H and O–H groups in total. The summed E-state index contributed by atoms with van der Waals surface area (Å²) in [5.74, 6) is 1.31. The third-order valence-corrected chi connectivity index (χ3v) is 5.95. The fourth-order valence-corrected chi connectivity index (χ4v) is 4.10. The maximum Gasteiger partial charge on any atom is 0.256 e. The summed E-state index contributed by atoms with van der Waals surface area (Å²) in [4.78, 5) is 31.4. The number of aromatic hydroxyl groups is 1.